The van der Waals surface area contributed by atoms with E-state index in [9.17, 15) is 9.18 Å². The van der Waals surface area contributed by atoms with E-state index >= 15 is 0 Å². The number of rotatable bonds is 3. The third kappa shape index (κ3) is 2.68. The number of ether oxygens (including phenoxy) is 2. The van der Waals surface area contributed by atoms with Crippen molar-refractivity contribution in [1.29, 1.82) is 0 Å². The van der Waals surface area contributed by atoms with E-state index in [0.717, 1.165) is 0 Å². The van der Waals surface area contributed by atoms with Gasteiger partial charge in [-0.2, -0.15) is 0 Å². The van der Waals surface area contributed by atoms with E-state index in [0.29, 0.717) is 31.9 Å². The number of carbonyl (C=O) groups excluding carboxylic acids is 1. The van der Waals surface area contributed by atoms with Crippen LogP contribution in [0.4, 0.5) is 4.39 Å². The molecule has 0 saturated carbocycles. The van der Waals surface area contributed by atoms with Gasteiger partial charge in [0.1, 0.15) is 11.9 Å². The lowest BCUT2D eigenvalue weighted by Gasteiger charge is -2.32. The number of carbonyl (C=O) groups is 1. The lowest BCUT2D eigenvalue weighted by atomic mass is 10.0. The van der Waals surface area contributed by atoms with Crippen LogP contribution in [0.15, 0.2) is 24.3 Å². The van der Waals surface area contributed by atoms with Gasteiger partial charge in [-0.15, -0.1) is 0 Å². The summed E-state index contributed by atoms with van der Waals surface area (Å²) in [6.07, 6.45) is 0. The van der Waals surface area contributed by atoms with Crippen LogP contribution in [0.25, 0.3) is 0 Å². The van der Waals surface area contributed by atoms with Gasteiger partial charge < -0.3 is 9.47 Å². The van der Waals surface area contributed by atoms with Crippen LogP contribution in [0.2, 0.25) is 0 Å². The summed E-state index contributed by atoms with van der Waals surface area (Å²) in [5.74, 6) is -0.832. The van der Waals surface area contributed by atoms with Crippen molar-refractivity contribution >= 4 is 5.97 Å². The van der Waals surface area contributed by atoms with Crippen LogP contribution >= 0.6 is 0 Å². The molecule has 1 atom stereocenters. The molecule has 1 unspecified atom stereocenters. The quantitative estimate of drug-likeness (QED) is 0.763. The molecular weight excluding hydrogens is 237 g/mol. The van der Waals surface area contributed by atoms with E-state index in [4.69, 9.17) is 9.47 Å². The molecule has 0 radical (unpaired) electrons. The van der Waals surface area contributed by atoms with E-state index < -0.39 is 12.0 Å². The van der Waals surface area contributed by atoms with Gasteiger partial charge in [-0.05, 0) is 6.07 Å². The highest BCUT2D eigenvalue weighted by Crippen LogP contribution is 2.25. The van der Waals surface area contributed by atoms with Crippen LogP contribution in [0.1, 0.15) is 11.6 Å². The smallest absolute Gasteiger partial charge is 0.327 e. The predicted molar refractivity (Wildman–Crippen MR) is 63.5 cm³/mol. The Kier molecular flexibility index (Phi) is 4.28. The largest absolute Gasteiger partial charge is 0.468 e. The summed E-state index contributed by atoms with van der Waals surface area (Å²) < 4.78 is 23.9. The van der Waals surface area contributed by atoms with Gasteiger partial charge in [0.2, 0.25) is 0 Å². The molecule has 5 heteroatoms. The molecule has 1 aliphatic heterocycles. The number of nitrogens with zero attached hydrogens (tertiary/aromatic N) is 1. The van der Waals surface area contributed by atoms with Gasteiger partial charge in [-0.3, -0.25) is 4.90 Å². The summed E-state index contributed by atoms with van der Waals surface area (Å²) in [6.45, 7) is 2.27. The summed E-state index contributed by atoms with van der Waals surface area (Å²) in [5.41, 5.74) is 0.353. The maximum absolute atomic E-state index is 13.8. The van der Waals surface area contributed by atoms with Crippen molar-refractivity contribution in [2.24, 2.45) is 0 Å². The zero-order valence-electron chi connectivity index (χ0n) is 10.3. The summed E-state index contributed by atoms with van der Waals surface area (Å²) in [5, 5.41) is 0. The molecule has 18 heavy (non-hydrogen) atoms. The van der Waals surface area contributed by atoms with Crippen molar-refractivity contribution in [2.75, 3.05) is 33.4 Å². The molecule has 0 spiro atoms. The Balaban J connectivity index is 2.30. The topological polar surface area (TPSA) is 38.8 Å². The molecular formula is C13H16FNO3. The first-order valence-corrected chi connectivity index (χ1v) is 5.88. The van der Waals surface area contributed by atoms with Crippen molar-refractivity contribution in [3.8, 4) is 0 Å². The minimum atomic E-state index is -0.694. The Labute approximate surface area is 105 Å². The fourth-order valence-electron chi connectivity index (χ4n) is 2.12. The number of methoxy groups -OCH3 is 1. The lowest BCUT2D eigenvalue weighted by molar-refractivity contribution is -0.149. The van der Waals surface area contributed by atoms with Crippen molar-refractivity contribution in [1.82, 2.24) is 4.90 Å². The second-order valence-corrected chi connectivity index (χ2v) is 4.10. The van der Waals surface area contributed by atoms with Crippen LogP contribution in [-0.4, -0.2) is 44.3 Å². The van der Waals surface area contributed by atoms with Crippen molar-refractivity contribution in [3.63, 3.8) is 0 Å². The molecule has 1 aromatic rings. The molecule has 0 bridgehead atoms. The lowest BCUT2D eigenvalue weighted by Crippen LogP contribution is -2.42. The van der Waals surface area contributed by atoms with Crippen LogP contribution in [-0.2, 0) is 14.3 Å². The SMILES string of the molecule is COC(=O)C(c1ccccc1F)N1CCOCC1. The zero-order chi connectivity index (χ0) is 13.0. The Hall–Kier alpha value is -1.46. The molecule has 1 saturated heterocycles. The number of hydrogen-bond acceptors (Lipinski definition) is 4. The molecule has 1 heterocycles. The monoisotopic (exact) mass is 253 g/mol. The van der Waals surface area contributed by atoms with E-state index in [1.54, 1.807) is 18.2 Å². The average molecular weight is 253 g/mol. The maximum atomic E-state index is 13.8. The van der Waals surface area contributed by atoms with E-state index in [1.807, 2.05) is 4.90 Å². The van der Waals surface area contributed by atoms with E-state index in [1.165, 1.54) is 13.2 Å². The van der Waals surface area contributed by atoms with E-state index in [2.05, 4.69) is 0 Å². The number of morpholine rings is 1. The molecule has 0 amide bonds. The molecule has 0 aliphatic carbocycles. The number of halogens is 1. The maximum Gasteiger partial charge on any atom is 0.327 e. The van der Waals surface area contributed by atoms with Gasteiger partial charge in [0.15, 0.2) is 0 Å². The minimum absolute atomic E-state index is 0.353. The Bertz CT molecular complexity index is 418. The highest BCUT2D eigenvalue weighted by molar-refractivity contribution is 5.77. The van der Waals surface area contributed by atoms with Crippen LogP contribution in [0.3, 0.4) is 0 Å². The van der Waals surface area contributed by atoms with Crippen LogP contribution in [0.5, 0.6) is 0 Å². The summed E-state index contributed by atoms with van der Waals surface area (Å²) in [4.78, 5) is 13.8. The highest BCUT2D eigenvalue weighted by Gasteiger charge is 2.31. The van der Waals surface area contributed by atoms with Crippen molar-refractivity contribution in [2.45, 2.75) is 6.04 Å². The molecule has 2 rings (SSSR count). The summed E-state index contributed by atoms with van der Waals surface area (Å²) in [6, 6.07) is 5.60. The fourth-order valence-corrected chi connectivity index (χ4v) is 2.12. The Morgan fingerprint density at radius 1 is 1.39 bits per heavy atom. The van der Waals surface area contributed by atoms with Crippen molar-refractivity contribution in [3.05, 3.63) is 35.6 Å². The summed E-state index contributed by atoms with van der Waals surface area (Å²) >= 11 is 0. The molecule has 1 aromatic carbocycles. The molecule has 0 N–H and O–H groups in total. The van der Waals surface area contributed by atoms with E-state index in [-0.39, 0.29) is 5.82 Å². The zero-order valence-corrected chi connectivity index (χ0v) is 10.3. The van der Waals surface area contributed by atoms with Crippen LogP contribution < -0.4 is 0 Å². The molecule has 1 aliphatic rings. The first-order valence-electron chi connectivity index (χ1n) is 5.88. The standard InChI is InChI=1S/C13H16FNO3/c1-17-13(16)12(15-6-8-18-9-7-15)10-4-2-3-5-11(10)14/h2-5,12H,6-9H2,1H3. The normalized spacial score (nSPS) is 18.3. The Morgan fingerprint density at radius 2 is 2.06 bits per heavy atom. The first kappa shape index (κ1) is 13.0. The van der Waals surface area contributed by atoms with Gasteiger partial charge in [0.05, 0.1) is 20.3 Å². The fraction of sp³-hybridized carbons (Fsp3) is 0.462. The van der Waals surface area contributed by atoms with Crippen LogP contribution in [0, 0.1) is 5.82 Å². The molecule has 0 aromatic heterocycles. The van der Waals surface area contributed by atoms with Gasteiger partial charge in [0.25, 0.3) is 0 Å². The number of hydrogen-bond donors (Lipinski definition) is 0. The van der Waals surface area contributed by atoms with Gasteiger partial charge in [-0.25, -0.2) is 9.18 Å². The molecule has 4 nitrogen and oxygen atoms in total. The number of esters is 1. The second kappa shape index (κ2) is 5.93. The minimum Gasteiger partial charge on any atom is -0.468 e. The average Bonchev–Trinajstić information content (AvgIpc) is 2.42. The molecule has 1 fully saturated rings. The highest BCUT2D eigenvalue weighted by atomic mass is 19.1. The summed E-state index contributed by atoms with van der Waals surface area (Å²) in [7, 11) is 1.32. The Morgan fingerprint density at radius 3 is 2.67 bits per heavy atom. The third-order valence-corrected chi connectivity index (χ3v) is 3.04. The van der Waals surface area contributed by atoms with Gasteiger partial charge in [-0.1, -0.05) is 18.2 Å². The van der Waals surface area contributed by atoms with Gasteiger partial charge >= 0.3 is 5.97 Å². The van der Waals surface area contributed by atoms with Gasteiger partial charge in [0, 0.05) is 18.7 Å². The third-order valence-electron chi connectivity index (χ3n) is 3.04. The molecule has 98 valence electrons. The van der Waals surface area contributed by atoms with Crippen molar-refractivity contribution < 1.29 is 18.7 Å². The second-order valence-electron chi connectivity index (χ2n) is 4.10. The first-order chi connectivity index (χ1) is 8.74. The number of benzene rings is 1. The predicted octanol–water partition coefficient (Wildman–Crippen LogP) is 1.37.